The molecule has 27 heavy (non-hydrogen) atoms. The second-order valence-electron chi connectivity index (χ2n) is 9.01. The van der Waals surface area contributed by atoms with Crippen LogP contribution in [0.3, 0.4) is 0 Å². The van der Waals surface area contributed by atoms with Crippen molar-refractivity contribution in [3.63, 3.8) is 0 Å². The maximum absolute atomic E-state index is 9.31. The summed E-state index contributed by atoms with van der Waals surface area (Å²) in [5.41, 5.74) is 2.67. The number of nitrogens with zero attached hydrogens (tertiary/aromatic N) is 2. The summed E-state index contributed by atoms with van der Waals surface area (Å²) in [6.07, 6.45) is 5.83. The third kappa shape index (κ3) is 2.36. The van der Waals surface area contributed by atoms with E-state index in [1.807, 2.05) is 12.1 Å². The zero-order chi connectivity index (χ0) is 20.6. The van der Waals surface area contributed by atoms with Crippen molar-refractivity contribution in [2.75, 3.05) is 4.90 Å². The fraction of sp³-hybridized carbons (Fsp3) is 0.542. The Hall–Kier alpha value is -2.03. The van der Waals surface area contributed by atoms with Crippen molar-refractivity contribution in [1.29, 1.82) is 0 Å². The number of anilines is 1. The highest BCUT2D eigenvalue weighted by Gasteiger charge is 2.54. The molecule has 3 heterocycles. The van der Waals surface area contributed by atoms with Gasteiger partial charge in [0.15, 0.2) is 5.58 Å². The molecule has 1 atom stereocenters. The number of hydrogen-bond acceptors (Lipinski definition) is 3. The number of pyridine rings is 1. The maximum atomic E-state index is 9.31. The number of hydrogen-bond donors (Lipinski definition) is 0. The topological polar surface area (TPSA) is 29.3 Å². The Morgan fingerprint density at radius 1 is 1.15 bits per heavy atom. The van der Waals surface area contributed by atoms with Gasteiger partial charge in [0.05, 0.1) is 5.69 Å². The number of rotatable bonds is 1. The second-order valence-corrected chi connectivity index (χ2v) is 9.01. The lowest BCUT2D eigenvalue weighted by Gasteiger charge is -2.41. The number of fused-ring (bicyclic) bond motifs is 3. The number of aryl methyl sites for hydroxylation is 1. The SMILES string of the molecule is [2H]C1([2H])C2(CCCCC2)[C@H](C)N(c2c(C)ccc3c2oc2ncccc23)C1(C)C. The first-order chi connectivity index (χ1) is 13.7. The molecule has 1 aliphatic heterocycles. The summed E-state index contributed by atoms with van der Waals surface area (Å²) in [4.78, 5) is 6.77. The van der Waals surface area contributed by atoms with Crippen LogP contribution in [0.15, 0.2) is 34.9 Å². The van der Waals surface area contributed by atoms with Gasteiger partial charge in [0.1, 0.15) is 0 Å². The maximum Gasteiger partial charge on any atom is 0.227 e. The predicted molar refractivity (Wildman–Crippen MR) is 112 cm³/mol. The normalized spacial score (nSPS) is 27.3. The monoisotopic (exact) mass is 364 g/mol. The highest BCUT2D eigenvalue weighted by molar-refractivity contribution is 6.08. The molecule has 1 spiro atoms. The van der Waals surface area contributed by atoms with Crippen molar-refractivity contribution in [1.82, 2.24) is 4.98 Å². The van der Waals surface area contributed by atoms with Crippen LogP contribution in [-0.4, -0.2) is 16.6 Å². The smallest absolute Gasteiger partial charge is 0.227 e. The van der Waals surface area contributed by atoms with Crippen molar-refractivity contribution in [2.45, 2.75) is 77.8 Å². The second kappa shape index (κ2) is 5.73. The van der Waals surface area contributed by atoms with E-state index in [2.05, 4.69) is 49.7 Å². The molecule has 0 bridgehead atoms. The molecular weight excluding hydrogens is 332 g/mol. The third-order valence-corrected chi connectivity index (χ3v) is 6.92. The highest BCUT2D eigenvalue weighted by atomic mass is 16.3. The van der Waals surface area contributed by atoms with E-state index in [-0.39, 0.29) is 11.5 Å². The molecule has 0 radical (unpaired) electrons. The Balaban J connectivity index is 1.79. The van der Waals surface area contributed by atoms with Gasteiger partial charge in [0.2, 0.25) is 5.71 Å². The fourth-order valence-electron chi connectivity index (χ4n) is 5.76. The Morgan fingerprint density at radius 3 is 2.70 bits per heavy atom. The Bertz CT molecular complexity index is 1090. The summed E-state index contributed by atoms with van der Waals surface area (Å²) in [7, 11) is 0. The lowest BCUT2D eigenvalue weighted by atomic mass is 9.68. The molecule has 142 valence electrons. The zero-order valence-corrected chi connectivity index (χ0v) is 16.8. The number of furan rings is 1. The Morgan fingerprint density at radius 2 is 1.93 bits per heavy atom. The molecule has 3 nitrogen and oxygen atoms in total. The van der Waals surface area contributed by atoms with E-state index < -0.39 is 11.9 Å². The Labute approximate surface area is 164 Å². The van der Waals surface area contributed by atoms with Gasteiger partial charge in [-0.3, -0.25) is 0 Å². The summed E-state index contributed by atoms with van der Waals surface area (Å²) in [6.45, 7) is 8.49. The van der Waals surface area contributed by atoms with Gasteiger partial charge in [0, 0.05) is 31.3 Å². The van der Waals surface area contributed by atoms with Crippen molar-refractivity contribution >= 4 is 27.8 Å². The van der Waals surface area contributed by atoms with Crippen LogP contribution in [-0.2, 0) is 0 Å². The first-order valence-corrected chi connectivity index (χ1v) is 10.3. The van der Waals surface area contributed by atoms with E-state index in [4.69, 9.17) is 4.42 Å². The molecule has 3 heteroatoms. The number of benzene rings is 1. The van der Waals surface area contributed by atoms with E-state index in [0.29, 0.717) is 5.71 Å². The summed E-state index contributed by atoms with van der Waals surface area (Å²) < 4.78 is 24.9. The summed E-state index contributed by atoms with van der Waals surface area (Å²) in [5, 5.41) is 2.07. The lowest BCUT2D eigenvalue weighted by molar-refractivity contribution is 0.170. The van der Waals surface area contributed by atoms with Gasteiger partial charge in [-0.15, -0.1) is 0 Å². The Kier molecular flexibility index (Phi) is 3.18. The molecule has 2 aromatic heterocycles. The summed E-state index contributed by atoms with van der Waals surface area (Å²) in [6, 6.07) is 8.34. The average molecular weight is 365 g/mol. The van der Waals surface area contributed by atoms with Crippen LogP contribution in [0.25, 0.3) is 22.1 Å². The molecule has 5 rings (SSSR count). The van der Waals surface area contributed by atoms with E-state index in [0.717, 1.165) is 53.3 Å². The lowest BCUT2D eigenvalue weighted by Crippen LogP contribution is -2.44. The first kappa shape index (κ1) is 15.0. The molecule has 2 fully saturated rings. The van der Waals surface area contributed by atoms with Gasteiger partial charge >= 0.3 is 0 Å². The molecule has 2 aliphatic rings. The van der Waals surface area contributed by atoms with Gasteiger partial charge in [-0.1, -0.05) is 31.4 Å². The molecule has 1 saturated heterocycles. The van der Waals surface area contributed by atoms with Crippen LogP contribution in [0.5, 0.6) is 0 Å². The van der Waals surface area contributed by atoms with E-state index in [9.17, 15) is 2.74 Å². The molecule has 3 aromatic rings. The summed E-state index contributed by atoms with van der Waals surface area (Å²) >= 11 is 0. The first-order valence-electron chi connectivity index (χ1n) is 11.3. The predicted octanol–water partition coefficient (Wildman–Crippen LogP) is 6.62. The molecule has 0 amide bonds. The van der Waals surface area contributed by atoms with Crippen LogP contribution in [0.2, 0.25) is 0 Å². The molecule has 0 N–H and O–H groups in total. The van der Waals surface area contributed by atoms with Gasteiger partial charge in [0.25, 0.3) is 0 Å². The van der Waals surface area contributed by atoms with Gasteiger partial charge < -0.3 is 9.32 Å². The van der Waals surface area contributed by atoms with Crippen molar-refractivity contribution in [3.05, 3.63) is 36.0 Å². The average Bonchev–Trinajstić information content (AvgIpc) is 3.12. The summed E-state index contributed by atoms with van der Waals surface area (Å²) in [5.74, 6) is 0. The fourth-order valence-corrected chi connectivity index (χ4v) is 5.76. The number of aromatic nitrogens is 1. The van der Waals surface area contributed by atoms with Crippen LogP contribution in [0.4, 0.5) is 5.69 Å². The molecule has 1 aliphatic carbocycles. The minimum Gasteiger partial charge on any atom is -0.436 e. The van der Waals surface area contributed by atoms with Gasteiger partial charge in [-0.2, -0.15) is 0 Å². The van der Waals surface area contributed by atoms with Crippen molar-refractivity contribution in [2.24, 2.45) is 5.41 Å². The highest BCUT2D eigenvalue weighted by Crippen LogP contribution is 2.57. The van der Waals surface area contributed by atoms with Crippen LogP contribution in [0.1, 0.15) is 67.6 Å². The van der Waals surface area contributed by atoms with E-state index in [1.54, 1.807) is 6.20 Å². The van der Waals surface area contributed by atoms with Crippen molar-refractivity contribution < 1.29 is 7.16 Å². The van der Waals surface area contributed by atoms with E-state index in [1.165, 1.54) is 6.42 Å². The molecule has 1 saturated carbocycles. The van der Waals surface area contributed by atoms with Crippen LogP contribution >= 0.6 is 0 Å². The van der Waals surface area contributed by atoms with Crippen LogP contribution < -0.4 is 4.90 Å². The largest absolute Gasteiger partial charge is 0.436 e. The van der Waals surface area contributed by atoms with Crippen molar-refractivity contribution in [3.8, 4) is 0 Å². The molecule has 1 aromatic carbocycles. The standard InChI is InChI=1S/C24H30N2O/c1-16-10-11-18-19-9-8-14-25-22(19)27-21(18)20(16)26-17(2)24(15-23(26,3)4)12-6-5-7-13-24/h8-11,14,17H,5-7,12-13,15H2,1-4H3/t17-/m0/s1/i15D2. The molecule has 0 unspecified atom stereocenters. The molecular formula is C24H30N2O. The minimum atomic E-state index is -1.29. The third-order valence-electron chi connectivity index (χ3n) is 6.92. The minimum absolute atomic E-state index is 0.0956. The van der Waals surface area contributed by atoms with Gasteiger partial charge in [-0.25, -0.2) is 4.98 Å². The quantitative estimate of drug-likeness (QED) is 0.486. The van der Waals surface area contributed by atoms with E-state index >= 15 is 0 Å². The zero-order valence-electron chi connectivity index (χ0n) is 18.8. The van der Waals surface area contributed by atoms with Crippen LogP contribution in [0, 0.1) is 12.3 Å². The van der Waals surface area contributed by atoms with Gasteiger partial charge in [-0.05, 0) is 70.0 Å².